The largest absolute Gasteiger partial charge is 0.325 e. The Labute approximate surface area is 163 Å². The molecule has 8 nitrogen and oxygen atoms in total. The van der Waals surface area contributed by atoms with Crippen molar-refractivity contribution in [2.45, 2.75) is 38.0 Å². The highest BCUT2D eigenvalue weighted by Gasteiger charge is 2.29. The number of halogens is 1. The maximum Gasteiger partial charge on any atom is 0.243 e. The lowest BCUT2D eigenvalue weighted by Gasteiger charge is -2.19. The van der Waals surface area contributed by atoms with Crippen LogP contribution in [0.15, 0.2) is 23.1 Å². The number of benzene rings is 1. The normalized spacial score (nSPS) is 14.9. The van der Waals surface area contributed by atoms with Crippen molar-refractivity contribution >= 4 is 45.0 Å². The number of imide groups is 1. The highest BCUT2D eigenvalue weighted by Crippen LogP contribution is 2.27. The van der Waals surface area contributed by atoms with E-state index in [0.717, 1.165) is 4.90 Å². The molecule has 1 aliphatic heterocycles. The van der Waals surface area contributed by atoms with Crippen molar-refractivity contribution in [3.8, 4) is 0 Å². The molecule has 1 aromatic carbocycles. The van der Waals surface area contributed by atoms with Crippen LogP contribution in [0, 0.1) is 0 Å². The highest BCUT2D eigenvalue weighted by molar-refractivity contribution is 7.89. The Bertz CT molecular complexity index is 836. The number of carbonyl (C=O) groups is 3. The monoisotopic (exact) mass is 415 g/mol. The van der Waals surface area contributed by atoms with Crippen LogP contribution < -0.4 is 5.32 Å². The molecule has 1 aliphatic rings. The van der Waals surface area contributed by atoms with Crippen LogP contribution in [-0.4, -0.2) is 55.0 Å². The Hall–Kier alpha value is -1.97. The molecule has 2 rings (SSSR count). The first kappa shape index (κ1) is 21.3. The molecule has 1 aromatic rings. The first-order valence-electron chi connectivity index (χ1n) is 8.63. The predicted octanol–water partition coefficient (Wildman–Crippen LogP) is 1.85. The van der Waals surface area contributed by atoms with E-state index in [4.69, 9.17) is 11.6 Å². The summed E-state index contributed by atoms with van der Waals surface area (Å²) in [5, 5.41) is 2.74. The van der Waals surface area contributed by atoms with E-state index in [2.05, 4.69) is 5.32 Å². The number of sulfonamides is 1. The number of carbonyl (C=O) groups excluding carboxylic acids is 3. The van der Waals surface area contributed by atoms with Crippen LogP contribution in [0.3, 0.4) is 0 Å². The summed E-state index contributed by atoms with van der Waals surface area (Å²) < 4.78 is 26.5. The molecule has 0 bridgehead atoms. The minimum absolute atomic E-state index is 0.0153. The molecule has 1 saturated heterocycles. The van der Waals surface area contributed by atoms with Crippen LogP contribution in [0.1, 0.15) is 33.1 Å². The standard InChI is InChI=1S/C17H22ClN3O5S/c1-3-20(4-2)27(25,26)12-5-6-13(18)14(11-12)19-15(22)9-10-21-16(23)7-8-17(21)24/h5-6,11H,3-4,7-10H2,1-2H3,(H,19,22). The molecule has 3 amide bonds. The average Bonchev–Trinajstić information content (AvgIpc) is 2.93. The molecule has 0 aromatic heterocycles. The third-order valence-electron chi connectivity index (χ3n) is 4.27. The summed E-state index contributed by atoms with van der Waals surface area (Å²) in [6, 6.07) is 4.09. The van der Waals surface area contributed by atoms with Crippen molar-refractivity contribution in [1.82, 2.24) is 9.21 Å². The van der Waals surface area contributed by atoms with Gasteiger partial charge in [0, 0.05) is 38.9 Å². The molecule has 1 N–H and O–H groups in total. The lowest BCUT2D eigenvalue weighted by molar-refractivity contribution is -0.138. The summed E-state index contributed by atoms with van der Waals surface area (Å²) in [5.74, 6) is -1.06. The second-order valence-electron chi connectivity index (χ2n) is 5.97. The van der Waals surface area contributed by atoms with E-state index in [1.165, 1.54) is 22.5 Å². The van der Waals surface area contributed by atoms with Gasteiger partial charge in [0.05, 0.1) is 15.6 Å². The number of nitrogens with zero attached hydrogens (tertiary/aromatic N) is 2. The maximum atomic E-state index is 12.6. The van der Waals surface area contributed by atoms with Gasteiger partial charge in [0.2, 0.25) is 27.7 Å². The van der Waals surface area contributed by atoms with E-state index in [1.54, 1.807) is 13.8 Å². The van der Waals surface area contributed by atoms with E-state index in [1.807, 2.05) is 0 Å². The Morgan fingerprint density at radius 3 is 2.33 bits per heavy atom. The van der Waals surface area contributed by atoms with Gasteiger partial charge in [-0.3, -0.25) is 19.3 Å². The van der Waals surface area contributed by atoms with Crippen LogP contribution in [0.4, 0.5) is 5.69 Å². The van der Waals surface area contributed by atoms with Gasteiger partial charge in [-0.2, -0.15) is 4.31 Å². The molecule has 0 radical (unpaired) electrons. The molecule has 148 valence electrons. The minimum atomic E-state index is -3.69. The molecule has 0 atom stereocenters. The Balaban J connectivity index is 2.11. The van der Waals surface area contributed by atoms with E-state index in [-0.39, 0.29) is 53.2 Å². The topological polar surface area (TPSA) is 104 Å². The fourth-order valence-electron chi connectivity index (χ4n) is 2.77. The van der Waals surface area contributed by atoms with E-state index in [9.17, 15) is 22.8 Å². The smallest absolute Gasteiger partial charge is 0.243 e. The number of hydrogen-bond donors (Lipinski definition) is 1. The highest BCUT2D eigenvalue weighted by atomic mass is 35.5. The number of hydrogen-bond acceptors (Lipinski definition) is 5. The molecule has 0 spiro atoms. The SMILES string of the molecule is CCN(CC)S(=O)(=O)c1ccc(Cl)c(NC(=O)CCN2C(=O)CCC2=O)c1. The third-order valence-corrected chi connectivity index (χ3v) is 6.65. The first-order valence-corrected chi connectivity index (χ1v) is 10.4. The quantitative estimate of drug-likeness (QED) is 0.652. The van der Waals surface area contributed by atoms with Crippen molar-refractivity contribution in [2.75, 3.05) is 25.0 Å². The zero-order chi connectivity index (χ0) is 20.2. The van der Waals surface area contributed by atoms with Gasteiger partial charge < -0.3 is 5.32 Å². The van der Waals surface area contributed by atoms with Crippen LogP contribution in [0.25, 0.3) is 0 Å². The van der Waals surface area contributed by atoms with E-state index < -0.39 is 15.9 Å². The Morgan fingerprint density at radius 2 is 1.78 bits per heavy atom. The maximum absolute atomic E-state index is 12.6. The van der Waals surface area contributed by atoms with Crippen molar-refractivity contribution in [3.63, 3.8) is 0 Å². The van der Waals surface area contributed by atoms with Gasteiger partial charge >= 0.3 is 0 Å². The molecular weight excluding hydrogens is 394 g/mol. The summed E-state index contributed by atoms with van der Waals surface area (Å²) in [4.78, 5) is 36.4. The second-order valence-corrected chi connectivity index (χ2v) is 8.31. The zero-order valence-corrected chi connectivity index (χ0v) is 16.8. The molecule has 0 saturated carbocycles. The van der Waals surface area contributed by atoms with Gasteiger partial charge in [-0.15, -0.1) is 0 Å². The third kappa shape index (κ3) is 4.85. The summed E-state index contributed by atoms with van der Waals surface area (Å²) in [6.07, 6.45) is 0.232. The lowest BCUT2D eigenvalue weighted by Crippen LogP contribution is -2.32. The fraction of sp³-hybridized carbons (Fsp3) is 0.471. The predicted molar refractivity (Wildman–Crippen MR) is 101 cm³/mol. The second kappa shape index (κ2) is 8.81. The van der Waals surface area contributed by atoms with Crippen LogP contribution in [0.2, 0.25) is 5.02 Å². The Kier molecular flexibility index (Phi) is 6.96. The molecule has 0 aliphatic carbocycles. The molecule has 1 heterocycles. The van der Waals surface area contributed by atoms with Gasteiger partial charge in [0.25, 0.3) is 0 Å². The number of amides is 3. The molecule has 10 heteroatoms. The zero-order valence-electron chi connectivity index (χ0n) is 15.2. The fourth-order valence-corrected chi connectivity index (χ4v) is 4.42. The van der Waals surface area contributed by atoms with Crippen molar-refractivity contribution in [1.29, 1.82) is 0 Å². The van der Waals surface area contributed by atoms with Crippen molar-refractivity contribution < 1.29 is 22.8 Å². The average molecular weight is 416 g/mol. The van der Waals surface area contributed by atoms with Gasteiger partial charge in [-0.05, 0) is 18.2 Å². The van der Waals surface area contributed by atoms with Gasteiger partial charge in [-0.1, -0.05) is 25.4 Å². The summed E-state index contributed by atoms with van der Waals surface area (Å²) in [7, 11) is -3.69. The number of likely N-dealkylation sites (tertiary alicyclic amines) is 1. The molecule has 0 unspecified atom stereocenters. The van der Waals surface area contributed by atoms with Crippen LogP contribution in [-0.2, 0) is 24.4 Å². The van der Waals surface area contributed by atoms with Crippen LogP contribution >= 0.6 is 11.6 Å². The number of nitrogens with one attached hydrogen (secondary N) is 1. The van der Waals surface area contributed by atoms with E-state index in [0.29, 0.717) is 13.1 Å². The minimum Gasteiger partial charge on any atom is -0.325 e. The number of anilines is 1. The molecule has 27 heavy (non-hydrogen) atoms. The molecule has 1 fully saturated rings. The van der Waals surface area contributed by atoms with Gasteiger partial charge in [0.1, 0.15) is 0 Å². The van der Waals surface area contributed by atoms with E-state index >= 15 is 0 Å². The Morgan fingerprint density at radius 1 is 1.19 bits per heavy atom. The van der Waals surface area contributed by atoms with Gasteiger partial charge in [0.15, 0.2) is 0 Å². The summed E-state index contributed by atoms with van der Waals surface area (Å²) >= 11 is 6.07. The number of rotatable bonds is 8. The van der Waals surface area contributed by atoms with Crippen LogP contribution in [0.5, 0.6) is 0 Å². The lowest BCUT2D eigenvalue weighted by atomic mass is 10.3. The summed E-state index contributed by atoms with van der Waals surface area (Å²) in [6.45, 7) is 4.10. The van der Waals surface area contributed by atoms with Gasteiger partial charge in [-0.25, -0.2) is 8.42 Å². The molecular formula is C17H22ClN3O5S. The van der Waals surface area contributed by atoms with Crippen molar-refractivity contribution in [3.05, 3.63) is 23.2 Å². The van der Waals surface area contributed by atoms with Crippen molar-refractivity contribution in [2.24, 2.45) is 0 Å². The summed E-state index contributed by atoms with van der Waals surface area (Å²) in [5.41, 5.74) is 0.161. The first-order chi connectivity index (χ1) is 12.7.